The largest absolute Gasteiger partial charge is 0.461 e. The molecule has 1 unspecified atom stereocenters. The highest BCUT2D eigenvalue weighted by Gasteiger charge is 2.37. The van der Waals surface area contributed by atoms with Crippen molar-refractivity contribution in [3.63, 3.8) is 0 Å². The Bertz CT molecular complexity index is 747. The molecular formula is C22H36BrN3O3. The molecule has 0 aliphatic carbocycles. The fraction of sp³-hybridized carbons (Fsp3) is 0.727. The van der Waals surface area contributed by atoms with Gasteiger partial charge in [-0.15, -0.1) is 0 Å². The molecule has 1 aromatic rings. The maximum absolute atomic E-state index is 13.1. The van der Waals surface area contributed by atoms with E-state index in [0.717, 1.165) is 37.2 Å². The number of anilines is 2. The normalized spacial score (nSPS) is 18.1. The van der Waals surface area contributed by atoms with Crippen LogP contribution in [0.25, 0.3) is 0 Å². The Labute approximate surface area is 183 Å². The molecule has 2 heterocycles. The lowest BCUT2D eigenvalue weighted by Gasteiger charge is -2.40. The molecule has 7 heteroatoms. The van der Waals surface area contributed by atoms with Gasteiger partial charge >= 0.3 is 5.97 Å². The van der Waals surface area contributed by atoms with Crippen LogP contribution >= 0.6 is 15.9 Å². The minimum atomic E-state index is -0.883. The number of nitrogens with two attached hydrogens (primary N) is 1. The summed E-state index contributed by atoms with van der Waals surface area (Å²) in [6.45, 7) is 17.7. The first-order chi connectivity index (χ1) is 13.2. The number of nitrogens with zero attached hydrogens (tertiary/aromatic N) is 2. The molecule has 1 aromatic heterocycles. The van der Waals surface area contributed by atoms with Crippen molar-refractivity contribution in [1.82, 2.24) is 4.98 Å². The number of nitrogen functional groups attached to an aromatic ring is 1. The number of aromatic nitrogens is 1. The fourth-order valence-electron chi connectivity index (χ4n) is 3.53. The minimum absolute atomic E-state index is 0.238. The van der Waals surface area contributed by atoms with Crippen LogP contribution in [0.4, 0.5) is 11.5 Å². The van der Waals surface area contributed by atoms with Crippen molar-refractivity contribution < 1.29 is 14.3 Å². The Morgan fingerprint density at radius 1 is 1.24 bits per heavy atom. The van der Waals surface area contributed by atoms with Crippen LogP contribution in [0.5, 0.6) is 0 Å². The number of hydrogen-bond donors (Lipinski definition) is 1. The van der Waals surface area contributed by atoms with E-state index in [0.29, 0.717) is 21.4 Å². The van der Waals surface area contributed by atoms with Crippen LogP contribution in [0.3, 0.4) is 0 Å². The van der Waals surface area contributed by atoms with E-state index in [-0.39, 0.29) is 6.10 Å². The Kier molecular flexibility index (Phi) is 7.26. The zero-order chi connectivity index (χ0) is 22.1. The number of carbonyl (C=O) groups excluding carboxylic acids is 1. The van der Waals surface area contributed by atoms with Crippen molar-refractivity contribution in [3.8, 4) is 0 Å². The molecule has 2 rings (SSSR count). The highest BCUT2D eigenvalue weighted by Crippen LogP contribution is 2.44. The van der Waals surface area contributed by atoms with E-state index in [9.17, 15) is 4.79 Å². The standard InChI is InChI=1S/C22H36BrN3O3/c1-13(2)28-20(27)18(29-21(4,5)6)15-14(3)25-19(24)16(23)17(15)26-11-9-22(7,8)10-12-26/h13,18H,9-12H2,1-8H3,(H2,24,25). The lowest BCUT2D eigenvalue weighted by molar-refractivity contribution is -0.171. The summed E-state index contributed by atoms with van der Waals surface area (Å²) in [6, 6.07) is 0. The molecule has 0 saturated carbocycles. The number of piperidine rings is 1. The lowest BCUT2D eigenvalue weighted by atomic mass is 9.82. The summed E-state index contributed by atoms with van der Waals surface area (Å²) in [5.74, 6) is 0.00732. The van der Waals surface area contributed by atoms with Crippen molar-refractivity contribution in [2.75, 3.05) is 23.7 Å². The minimum Gasteiger partial charge on any atom is -0.461 e. The molecule has 0 aromatic carbocycles. The smallest absolute Gasteiger partial charge is 0.340 e. The van der Waals surface area contributed by atoms with Crippen LogP contribution in [-0.2, 0) is 14.3 Å². The molecule has 29 heavy (non-hydrogen) atoms. The molecule has 1 aliphatic rings. The molecule has 1 saturated heterocycles. The van der Waals surface area contributed by atoms with Crippen LogP contribution in [-0.4, -0.2) is 35.7 Å². The van der Waals surface area contributed by atoms with Gasteiger partial charge in [0.05, 0.1) is 21.9 Å². The maximum Gasteiger partial charge on any atom is 0.340 e. The predicted octanol–water partition coefficient (Wildman–Crippen LogP) is 5.17. The van der Waals surface area contributed by atoms with E-state index in [1.807, 2.05) is 41.5 Å². The molecule has 0 bridgehead atoms. The van der Waals surface area contributed by atoms with Gasteiger partial charge in [-0.2, -0.15) is 0 Å². The van der Waals surface area contributed by atoms with E-state index < -0.39 is 17.7 Å². The van der Waals surface area contributed by atoms with Gasteiger partial charge in [-0.05, 0) is 75.7 Å². The molecule has 1 aliphatic heterocycles. The van der Waals surface area contributed by atoms with Crippen LogP contribution in [0.15, 0.2) is 4.47 Å². The Morgan fingerprint density at radius 2 is 1.79 bits per heavy atom. The predicted molar refractivity (Wildman–Crippen MR) is 121 cm³/mol. The number of esters is 1. The third kappa shape index (κ3) is 6.07. The van der Waals surface area contributed by atoms with Gasteiger partial charge in [0.1, 0.15) is 5.82 Å². The number of pyridine rings is 1. The second-order valence-electron chi connectivity index (χ2n) is 9.91. The molecule has 0 spiro atoms. The Hall–Kier alpha value is -1.34. The quantitative estimate of drug-likeness (QED) is 0.599. The van der Waals surface area contributed by atoms with Gasteiger partial charge in [0.25, 0.3) is 0 Å². The van der Waals surface area contributed by atoms with Crippen LogP contribution in [0.1, 0.15) is 78.7 Å². The summed E-state index contributed by atoms with van der Waals surface area (Å²) in [6.07, 6.45) is 0.994. The van der Waals surface area contributed by atoms with E-state index >= 15 is 0 Å². The second kappa shape index (κ2) is 8.80. The van der Waals surface area contributed by atoms with Crippen molar-refractivity contribution in [2.45, 2.75) is 86.0 Å². The molecular weight excluding hydrogens is 434 g/mol. The van der Waals surface area contributed by atoms with Crippen molar-refractivity contribution in [3.05, 3.63) is 15.7 Å². The average Bonchev–Trinajstić information content (AvgIpc) is 2.55. The monoisotopic (exact) mass is 469 g/mol. The summed E-state index contributed by atoms with van der Waals surface area (Å²) in [7, 11) is 0. The van der Waals surface area contributed by atoms with Gasteiger partial charge < -0.3 is 20.1 Å². The maximum atomic E-state index is 13.1. The summed E-state index contributed by atoms with van der Waals surface area (Å²) < 4.78 is 12.5. The van der Waals surface area contributed by atoms with Crippen molar-refractivity contribution >= 4 is 33.4 Å². The molecule has 2 N–H and O–H groups in total. The third-order valence-electron chi connectivity index (χ3n) is 5.10. The SMILES string of the molecule is Cc1nc(N)c(Br)c(N2CCC(C)(C)CC2)c1C(OC(C)(C)C)C(=O)OC(C)C. The summed E-state index contributed by atoms with van der Waals surface area (Å²) in [5, 5.41) is 0. The number of ether oxygens (including phenoxy) is 2. The number of hydrogen-bond acceptors (Lipinski definition) is 6. The first kappa shape index (κ1) is 23.9. The topological polar surface area (TPSA) is 77.7 Å². The second-order valence-corrected chi connectivity index (χ2v) is 10.7. The van der Waals surface area contributed by atoms with Gasteiger partial charge in [-0.1, -0.05) is 13.8 Å². The van der Waals surface area contributed by atoms with Gasteiger partial charge in [-0.25, -0.2) is 9.78 Å². The Morgan fingerprint density at radius 3 is 2.28 bits per heavy atom. The zero-order valence-electron chi connectivity index (χ0n) is 19.1. The highest BCUT2D eigenvalue weighted by atomic mass is 79.9. The lowest BCUT2D eigenvalue weighted by Crippen LogP contribution is -2.39. The Balaban J connectivity index is 2.60. The first-order valence-electron chi connectivity index (χ1n) is 10.3. The van der Waals surface area contributed by atoms with Crippen LogP contribution in [0.2, 0.25) is 0 Å². The van der Waals surface area contributed by atoms with Gasteiger partial charge in [0.15, 0.2) is 6.10 Å². The van der Waals surface area contributed by atoms with E-state index in [1.54, 1.807) is 0 Å². The van der Waals surface area contributed by atoms with Gasteiger partial charge in [0, 0.05) is 24.3 Å². The number of halogens is 1. The van der Waals surface area contributed by atoms with Crippen molar-refractivity contribution in [2.24, 2.45) is 5.41 Å². The molecule has 0 amide bonds. The highest BCUT2D eigenvalue weighted by molar-refractivity contribution is 9.10. The molecule has 0 radical (unpaired) electrons. The summed E-state index contributed by atoms with van der Waals surface area (Å²) >= 11 is 3.64. The van der Waals surface area contributed by atoms with E-state index in [4.69, 9.17) is 15.2 Å². The van der Waals surface area contributed by atoms with Crippen LogP contribution in [0, 0.1) is 12.3 Å². The van der Waals surface area contributed by atoms with Crippen LogP contribution < -0.4 is 10.6 Å². The van der Waals surface area contributed by atoms with Crippen molar-refractivity contribution in [1.29, 1.82) is 0 Å². The van der Waals surface area contributed by atoms with Gasteiger partial charge in [-0.3, -0.25) is 0 Å². The number of aryl methyl sites for hydroxylation is 1. The molecule has 1 atom stereocenters. The van der Waals surface area contributed by atoms with E-state index in [2.05, 4.69) is 39.7 Å². The zero-order valence-corrected chi connectivity index (χ0v) is 20.6. The van der Waals surface area contributed by atoms with E-state index in [1.165, 1.54) is 0 Å². The number of rotatable bonds is 5. The molecule has 164 valence electrons. The third-order valence-corrected chi connectivity index (χ3v) is 5.88. The first-order valence-corrected chi connectivity index (χ1v) is 11.1. The molecule has 1 fully saturated rings. The molecule has 6 nitrogen and oxygen atoms in total. The summed E-state index contributed by atoms with van der Waals surface area (Å²) in [4.78, 5) is 19.9. The fourth-order valence-corrected chi connectivity index (χ4v) is 4.09. The summed E-state index contributed by atoms with van der Waals surface area (Å²) in [5.41, 5.74) is 8.25. The average molecular weight is 470 g/mol. The van der Waals surface area contributed by atoms with Gasteiger partial charge in [0.2, 0.25) is 0 Å². The number of carbonyl (C=O) groups is 1.